The number of ether oxygens (including phenoxy) is 1. The first-order valence-corrected chi connectivity index (χ1v) is 7.02. The fourth-order valence-electron chi connectivity index (χ4n) is 1.43. The Hall–Kier alpha value is -1.76. The lowest BCUT2D eigenvalue weighted by molar-refractivity contribution is -0.140. The van der Waals surface area contributed by atoms with Crippen molar-refractivity contribution >= 4 is 29.3 Å². The maximum absolute atomic E-state index is 13.1. The smallest absolute Gasteiger partial charge is 0.305 e. The molecule has 0 atom stereocenters. The number of nitrogens with two attached hydrogens (primary N) is 1. The molecule has 0 saturated carbocycles. The summed E-state index contributed by atoms with van der Waals surface area (Å²) in [6, 6.07) is 4.15. The lowest BCUT2D eigenvalue weighted by Crippen LogP contribution is -2.26. The zero-order valence-corrected chi connectivity index (χ0v) is 12.0. The Kier molecular flexibility index (Phi) is 6.86. The summed E-state index contributed by atoms with van der Waals surface area (Å²) in [5, 5.41) is 2.67. The standard InChI is InChI=1S/C13H17FN2O3S/c1-19-13(18)3-2-4-16-12(17)8-20-11-6-9(14)5-10(15)7-11/h5-7H,2-4,8,15H2,1H3,(H,16,17). The van der Waals surface area contributed by atoms with Crippen molar-refractivity contribution in [2.45, 2.75) is 17.7 Å². The number of amides is 1. The van der Waals surface area contributed by atoms with Crippen LogP contribution in [0.3, 0.4) is 0 Å². The molecule has 0 bridgehead atoms. The minimum absolute atomic E-state index is 0.168. The topological polar surface area (TPSA) is 81.4 Å². The highest BCUT2D eigenvalue weighted by atomic mass is 32.2. The van der Waals surface area contributed by atoms with Crippen molar-refractivity contribution in [1.82, 2.24) is 5.32 Å². The second-order valence-corrected chi connectivity index (χ2v) is 5.09. The van der Waals surface area contributed by atoms with Crippen molar-refractivity contribution in [2.24, 2.45) is 0 Å². The molecule has 1 rings (SSSR count). The van der Waals surface area contributed by atoms with Crippen molar-refractivity contribution < 1.29 is 18.7 Å². The van der Waals surface area contributed by atoms with Gasteiger partial charge in [-0.3, -0.25) is 9.59 Å². The molecule has 7 heteroatoms. The average Bonchev–Trinajstić information content (AvgIpc) is 2.40. The summed E-state index contributed by atoms with van der Waals surface area (Å²) in [4.78, 5) is 23.0. The number of methoxy groups -OCH3 is 1. The molecular formula is C13H17FN2O3S. The highest BCUT2D eigenvalue weighted by Crippen LogP contribution is 2.21. The zero-order valence-electron chi connectivity index (χ0n) is 11.1. The number of thioether (sulfide) groups is 1. The van der Waals surface area contributed by atoms with Gasteiger partial charge in [0.2, 0.25) is 5.91 Å². The van der Waals surface area contributed by atoms with Crippen LogP contribution >= 0.6 is 11.8 Å². The summed E-state index contributed by atoms with van der Waals surface area (Å²) in [7, 11) is 1.32. The van der Waals surface area contributed by atoms with E-state index >= 15 is 0 Å². The second kappa shape index (κ2) is 8.42. The van der Waals surface area contributed by atoms with Crippen molar-refractivity contribution in [2.75, 3.05) is 25.1 Å². The molecule has 0 spiro atoms. The van der Waals surface area contributed by atoms with Gasteiger partial charge in [0.25, 0.3) is 0 Å². The van der Waals surface area contributed by atoms with Crippen molar-refractivity contribution in [3.05, 3.63) is 24.0 Å². The first-order valence-electron chi connectivity index (χ1n) is 6.03. The normalized spacial score (nSPS) is 10.1. The van der Waals surface area contributed by atoms with Crippen LogP contribution in [-0.4, -0.2) is 31.3 Å². The van der Waals surface area contributed by atoms with E-state index in [0.29, 0.717) is 23.5 Å². The number of benzene rings is 1. The van der Waals surface area contributed by atoms with E-state index in [-0.39, 0.29) is 24.1 Å². The van der Waals surface area contributed by atoms with E-state index in [9.17, 15) is 14.0 Å². The maximum atomic E-state index is 13.1. The number of hydrogen-bond donors (Lipinski definition) is 2. The molecule has 0 aliphatic carbocycles. The highest BCUT2D eigenvalue weighted by molar-refractivity contribution is 8.00. The van der Waals surface area contributed by atoms with Crippen molar-refractivity contribution in [3.63, 3.8) is 0 Å². The van der Waals surface area contributed by atoms with Gasteiger partial charge in [-0.1, -0.05) is 0 Å². The van der Waals surface area contributed by atoms with Crippen molar-refractivity contribution in [1.29, 1.82) is 0 Å². The minimum atomic E-state index is -0.425. The number of nitrogens with one attached hydrogen (secondary N) is 1. The van der Waals surface area contributed by atoms with Crippen LogP contribution in [0.4, 0.5) is 10.1 Å². The fraction of sp³-hybridized carbons (Fsp3) is 0.385. The molecule has 0 aromatic heterocycles. The molecule has 0 fully saturated rings. The molecule has 1 aromatic rings. The van der Waals surface area contributed by atoms with E-state index < -0.39 is 5.82 Å². The molecule has 0 aliphatic rings. The van der Waals surface area contributed by atoms with Gasteiger partial charge < -0.3 is 15.8 Å². The van der Waals surface area contributed by atoms with Crippen LogP contribution in [0.1, 0.15) is 12.8 Å². The van der Waals surface area contributed by atoms with Crippen LogP contribution < -0.4 is 11.1 Å². The predicted molar refractivity (Wildman–Crippen MR) is 75.8 cm³/mol. The summed E-state index contributed by atoms with van der Waals surface area (Å²) in [6.45, 7) is 0.403. The quantitative estimate of drug-likeness (QED) is 0.346. The first-order chi connectivity index (χ1) is 9.51. The first kappa shape index (κ1) is 16.3. The Morgan fingerprint density at radius 2 is 2.15 bits per heavy atom. The number of esters is 1. The molecule has 0 aliphatic heterocycles. The Morgan fingerprint density at radius 3 is 2.80 bits per heavy atom. The lowest BCUT2D eigenvalue weighted by Gasteiger charge is -2.05. The molecule has 110 valence electrons. The number of anilines is 1. The monoisotopic (exact) mass is 300 g/mol. The van der Waals surface area contributed by atoms with E-state index in [1.807, 2.05) is 0 Å². The Labute approximate surface area is 121 Å². The van der Waals surface area contributed by atoms with E-state index in [4.69, 9.17) is 5.73 Å². The number of nitrogen functional groups attached to an aromatic ring is 1. The van der Waals surface area contributed by atoms with Gasteiger partial charge in [0.15, 0.2) is 0 Å². The Bertz CT molecular complexity index is 462. The molecule has 20 heavy (non-hydrogen) atoms. The van der Waals surface area contributed by atoms with Crippen LogP contribution in [0, 0.1) is 5.82 Å². The number of hydrogen-bond acceptors (Lipinski definition) is 5. The molecular weight excluding hydrogens is 283 g/mol. The Balaban J connectivity index is 2.24. The van der Waals surface area contributed by atoms with Gasteiger partial charge in [-0.05, 0) is 24.6 Å². The van der Waals surface area contributed by atoms with Crippen LogP contribution in [-0.2, 0) is 14.3 Å². The minimum Gasteiger partial charge on any atom is -0.469 e. The summed E-state index contributed by atoms with van der Waals surface area (Å²) in [5.74, 6) is -0.737. The van der Waals surface area contributed by atoms with E-state index in [0.717, 1.165) is 0 Å². The molecule has 5 nitrogen and oxygen atoms in total. The maximum Gasteiger partial charge on any atom is 0.305 e. The molecule has 0 unspecified atom stereocenters. The van der Waals surface area contributed by atoms with Gasteiger partial charge in [0.1, 0.15) is 5.82 Å². The number of carbonyl (C=O) groups is 2. The lowest BCUT2D eigenvalue weighted by atomic mass is 10.3. The Morgan fingerprint density at radius 1 is 1.40 bits per heavy atom. The van der Waals surface area contributed by atoms with E-state index in [2.05, 4.69) is 10.1 Å². The van der Waals surface area contributed by atoms with Gasteiger partial charge in [0.05, 0.1) is 12.9 Å². The molecule has 0 heterocycles. The summed E-state index contributed by atoms with van der Waals surface area (Å²) in [6.07, 6.45) is 0.792. The number of halogens is 1. The third kappa shape index (κ3) is 6.42. The summed E-state index contributed by atoms with van der Waals surface area (Å²) >= 11 is 1.20. The van der Waals surface area contributed by atoms with Gasteiger partial charge >= 0.3 is 5.97 Å². The average molecular weight is 300 g/mol. The third-order valence-electron chi connectivity index (χ3n) is 2.37. The molecule has 0 radical (unpaired) electrons. The van der Waals surface area contributed by atoms with Crippen LogP contribution in [0.15, 0.2) is 23.1 Å². The second-order valence-electron chi connectivity index (χ2n) is 4.04. The van der Waals surface area contributed by atoms with Crippen LogP contribution in [0.25, 0.3) is 0 Å². The summed E-state index contributed by atoms with van der Waals surface area (Å²) in [5.41, 5.74) is 5.83. The van der Waals surface area contributed by atoms with E-state index in [1.165, 1.54) is 31.0 Å². The molecule has 3 N–H and O–H groups in total. The zero-order chi connectivity index (χ0) is 15.0. The van der Waals surface area contributed by atoms with Crippen LogP contribution in [0.5, 0.6) is 0 Å². The number of rotatable bonds is 7. The fourth-order valence-corrected chi connectivity index (χ4v) is 2.25. The van der Waals surface area contributed by atoms with Crippen molar-refractivity contribution in [3.8, 4) is 0 Å². The molecule has 1 amide bonds. The highest BCUT2D eigenvalue weighted by Gasteiger charge is 2.05. The summed E-state index contributed by atoms with van der Waals surface area (Å²) < 4.78 is 17.6. The third-order valence-corrected chi connectivity index (χ3v) is 3.35. The van der Waals surface area contributed by atoms with Gasteiger partial charge in [-0.2, -0.15) is 0 Å². The largest absolute Gasteiger partial charge is 0.469 e. The predicted octanol–water partition coefficient (Wildman–Crippen LogP) is 1.57. The van der Waals surface area contributed by atoms with Gasteiger partial charge in [-0.25, -0.2) is 4.39 Å². The van der Waals surface area contributed by atoms with Gasteiger partial charge in [-0.15, -0.1) is 11.8 Å². The number of carbonyl (C=O) groups excluding carboxylic acids is 2. The van der Waals surface area contributed by atoms with Crippen LogP contribution in [0.2, 0.25) is 0 Å². The van der Waals surface area contributed by atoms with Gasteiger partial charge in [0, 0.05) is 23.5 Å². The molecule has 1 aromatic carbocycles. The SMILES string of the molecule is COC(=O)CCCNC(=O)CSc1cc(N)cc(F)c1. The van der Waals surface area contributed by atoms with E-state index in [1.54, 1.807) is 6.07 Å². The molecule has 0 saturated heterocycles.